The van der Waals surface area contributed by atoms with Gasteiger partial charge in [0.25, 0.3) is 0 Å². The molecule has 1 aliphatic carbocycles. The number of hydrogen-bond donors (Lipinski definition) is 8. The van der Waals surface area contributed by atoms with Crippen molar-refractivity contribution in [3.8, 4) is 11.1 Å². The molecule has 57 heavy (non-hydrogen) atoms. The Balaban J connectivity index is 1.19. The molecule has 16 nitrogen and oxygen atoms in total. The van der Waals surface area contributed by atoms with Crippen LogP contribution < -0.4 is 43.2 Å². The van der Waals surface area contributed by atoms with E-state index in [1.807, 2.05) is 24.3 Å². The van der Waals surface area contributed by atoms with Gasteiger partial charge in [0.15, 0.2) is 0 Å². The first-order chi connectivity index (χ1) is 27.5. The summed E-state index contributed by atoms with van der Waals surface area (Å²) >= 11 is 0. The lowest BCUT2D eigenvalue weighted by molar-refractivity contribution is -0.132. The van der Waals surface area contributed by atoms with Crippen LogP contribution in [0.2, 0.25) is 0 Å². The van der Waals surface area contributed by atoms with Crippen molar-refractivity contribution < 1.29 is 38.2 Å². The van der Waals surface area contributed by atoms with Gasteiger partial charge in [0.05, 0.1) is 0 Å². The molecule has 16 heteroatoms. The Kier molecular flexibility index (Phi) is 17.1. The minimum Gasteiger partial charge on any atom is -0.449 e. The van der Waals surface area contributed by atoms with Crippen molar-refractivity contribution in [1.82, 2.24) is 32.1 Å². The molecular formula is C41H54N8O8. The lowest BCUT2D eigenvalue weighted by Gasteiger charge is -2.25. The van der Waals surface area contributed by atoms with E-state index in [4.69, 9.17) is 15.2 Å². The molecule has 0 aliphatic heterocycles. The third-order valence-electron chi connectivity index (χ3n) is 9.38. The van der Waals surface area contributed by atoms with E-state index in [-0.39, 0.29) is 50.3 Å². The molecule has 4 rings (SSSR count). The largest absolute Gasteiger partial charge is 0.449 e. The molecule has 9 N–H and O–H groups in total. The average Bonchev–Trinajstić information content (AvgIpc) is 3.51. The van der Waals surface area contributed by atoms with E-state index in [0.717, 1.165) is 22.3 Å². The summed E-state index contributed by atoms with van der Waals surface area (Å²) in [5.74, 6) is -1.65. The van der Waals surface area contributed by atoms with Gasteiger partial charge in [-0.3, -0.25) is 19.8 Å². The number of fused-ring (bicyclic) bond motifs is 3. The second-order valence-electron chi connectivity index (χ2n) is 14.0. The summed E-state index contributed by atoms with van der Waals surface area (Å²) in [6.45, 7) is 4.40. The van der Waals surface area contributed by atoms with Gasteiger partial charge in [-0.05, 0) is 71.6 Å². The van der Waals surface area contributed by atoms with E-state index >= 15 is 0 Å². The predicted octanol–water partition coefficient (Wildman–Crippen LogP) is 4.16. The molecule has 0 unspecified atom stereocenters. The van der Waals surface area contributed by atoms with Crippen LogP contribution >= 0.6 is 0 Å². The number of hydrazine groups is 1. The summed E-state index contributed by atoms with van der Waals surface area (Å²) in [4.78, 5) is 75.0. The van der Waals surface area contributed by atoms with Crippen molar-refractivity contribution in [2.24, 2.45) is 11.7 Å². The van der Waals surface area contributed by atoms with Gasteiger partial charge in [0.2, 0.25) is 17.7 Å². The summed E-state index contributed by atoms with van der Waals surface area (Å²) in [5.41, 5.74) is 15.7. The summed E-state index contributed by atoms with van der Waals surface area (Å²) in [7, 11) is 1.53. The van der Waals surface area contributed by atoms with E-state index in [1.54, 1.807) is 38.1 Å². The van der Waals surface area contributed by atoms with E-state index in [0.29, 0.717) is 43.5 Å². The minimum atomic E-state index is -0.998. The monoisotopic (exact) mass is 786 g/mol. The quantitative estimate of drug-likeness (QED) is 0.0572. The Hall–Kier alpha value is -6.16. The van der Waals surface area contributed by atoms with Crippen molar-refractivity contribution in [2.75, 3.05) is 32.1 Å². The number of anilines is 1. The van der Waals surface area contributed by atoms with Crippen LogP contribution in [0.15, 0.2) is 72.8 Å². The SMILES string of the molecule is CNNC(=O)OCc1ccc(NC(=O)[C@H](CCCNC(N)=O)NC(=O)[C@@H](NC(=O)CCCCCNC(=O)OCC2c3ccccc3-c3ccccc32)C(C)C)cc1. The van der Waals surface area contributed by atoms with E-state index in [1.165, 1.54) is 7.05 Å². The van der Waals surface area contributed by atoms with Crippen LogP contribution in [0, 0.1) is 5.92 Å². The highest BCUT2D eigenvalue weighted by atomic mass is 16.6. The van der Waals surface area contributed by atoms with Crippen LogP contribution in [0.1, 0.15) is 75.0 Å². The first kappa shape index (κ1) is 43.6. The van der Waals surface area contributed by atoms with Gasteiger partial charge < -0.3 is 41.8 Å². The number of nitrogens with one attached hydrogen (secondary N) is 7. The maximum atomic E-state index is 13.5. The zero-order valence-corrected chi connectivity index (χ0v) is 32.7. The van der Waals surface area contributed by atoms with Crippen LogP contribution in [-0.2, 0) is 30.5 Å². The van der Waals surface area contributed by atoms with Crippen molar-refractivity contribution in [3.63, 3.8) is 0 Å². The molecule has 0 heterocycles. The second-order valence-corrected chi connectivity index (χ2v) is 14.0. The number of urea groups is 1. The first-order valence-corrected chi connectivity index (χ1v) is 19.2. The van der Waals surface area contributed by atoms with Crippen molar-refractivity contribution in [1.29, 1.82) is 0 Å². The number of carbonyl (C=O) groups excluding carboxylic acids is 6. The molecule has 1 aliphatic rings. The van der Waals surface area contributed by atoms with Crippen LogP contribution in [-0.4, -0.2) is 74.8 Å². The number of unbranched alkanes of at least 4 members (excludes halogenated alkanes) is 2. The molecule has 0 saturated heterocycles. The molecule has 306 valence electrons. The highest BCUT2D eigenvalue weighted by Crippen LogP contribution is 2.44. The standard InChI is InChI=1S/C41H54N8O8/c1-26(2)36(38(52)47-34(16-11-23-44-39(42)53)37(51)46-28-20-18-27(19-21-28)24-56-41(55)49-43-3)48-35(50)17-5-4-10-22-45-40(54)57-25-33-31-14-8-6-12-29(31)30-13-7-9-15-32(30)33/h6-9,12-15,18-21,26,33-34,36,43H,4-5,10-11,16-17,22-25H2,1-3H3,(H,45,54)(H,46,51)(H,47,52)(H,48,50)(H,49,55)(H3,42,44,53)/t34-,36-/m0/s1. The van der Waals surface area contributed by atoms with Gasteiger partial charge in [-0.2, -0.15) is 0 Å². The maximum Gasteiger partial charge on any atom is 0.421 e. The summed E-state index contributed by atoms with van der Waals surface area (Å²) in [5, 5.41) is 13.6. The number of hydrogen-bond acceptors (Lipinski definition) is 9. The van der Waals surface area contributed by atoms with E-state index < -0.39 is 42.1 Å². The van der Waals surface area contributed by atoms with Gasteiger partial charge >= 0.3 is 18.2 Å². The molecule has 0 fully saturated rings. The third-order valence-corrected chi connectivity index (χ3v) is 9.38. The number of carbonyl (C=O) groups is 6. The fourth-order valence-corrected chi connectivity index (χ4v) is 6.46. The van der Waals surface area contributed by atoms with Crippen LogP contribution in [0.25, 0.3) is 11.1 Å². The maximum absolute atomic E-state index is 13.5. The number of rotatable bonds is 21. The Morgan fingerprint density at radius 3 is 2.00 bits per heavy atom. The van der Waals surface area contributed by atoms with Crippen molar-refractivity contribution >= 4 is 41.6 Å². The molecule has 2 atom stereocenters. The Labute approximate surface area is 332 Å². The van der Waals surface area contributed by atoms with Crippen LogP contribution in [0.3, 0.4) is 0 Å². The number of primary amides is 1. The second kappa shape index (κ2) is 22.4. The number of ether oxygens (including phenoxy) is 2. The molecule has 3 aromatic carbocycles. The summed E-state index contributed by atoms with van der Waals surface area (Å²) in [6.07, 6.45) is 1.38. The molecular weight excluding hydrogens is 732 g/mol. The van der Waals surface area contributed by atoms with Crippen molar-refractivity contribution in [3.05, 3.63) is 89.5 Å². The molecule has 7 amide bonds. The molecule has 0 spiro atoms. The average molecular weight is 787 g/mol. The third kappa shape index (κ3) is 13.8. The van der Waals surface area contributed by atoms with Gasteiger partial charge in [0, 0.05) is 38.2 Å². The normalized spacial score (nSPS) is 12.6. The Morgan fingerprint density at radius 1 is 0.719 bits per heavy atom. The fourth-order valence-electron chi connectivity index (χ4n) is 6.46. The number of amides is 7. The molecule has 3 aromatic rings. The summed E-state index contributed by atoms with van der Waals surface area (Å²) < 4.78 is 10.7. The van der Waals surface area contributed by atoms with Crippen LogP contribution in [0.4, 0.5) is 20.1 Å². The molecule has 0 aromatic heterocycles. The zero-order chi connectivity index (χ0) is 41.2. The topological polar surface area (TPSA) is 231 Å². The number of nitrogens with two attached hydrogens (primary N) is 1. The van der Waals surface area contributed by atoms with Gasteiger partial charge in [-0.25, -0.2) is 19.8 Å². The lowest BCUT2D eigenvalue weighted by atomic mass is 9.98. The predicted molar refractivity (Wildman–Crippen MR) is 215 cm³/mol. The van der Waals surface area contributed by atoms with E-state index in [9.17, 15) is 28.8 Å². The number of alkyl carbamates (subject to hydrolysis) is 1. The minimum absolute atomic E-state index is 0.0104. The summed E-state index contributed by atoms with van der Waals surface area (Å²) in [6, 6.07) is 20.3. The smallest absolute Gasteiger partial charge is 0.421 e. The zero-order valence-electron chi connectivity index (χ0n) is 32.7. The molecule has 0 radical (unpaired) electrons. The lowest BCUT2D eigenvalue weighted by Crippen LogP contribution is -2.54. The Morgan fingerprint density at radius 2 is 1.37 bits per heavy atom. The van der Waals surface area contributed by atoms with Gasteiger partial charge in [-0.15, -0.1) is 0 Å². The number of benzene rings is 3. The fraction of sp³-hybridized carbons (Fsp3) is 0.415. The highest BCUT2D eigenvalue weighted by Gasteiger charge is 2.30. The molecule has 0 saturated carbocycles. The molecule has 0 bridgehead atoms. The van der Waals surface area contributed by atoms with Gasteiger partial charge in [-0.1, -0.05) is 80.9 Å². The van der Waals surface area contributed by atoms with Crippen LogP contribution in [0.5, 0.6) is 0 Å². The first-order valence-electron chi connectivity index (χ1n) is 19.2. The Bertz CT molecular complexity index is 1790. The highest BCUT2D eigenvalue weighted by molar-refractivity contribution is 5.98. The van der Waals surface area contributed by atoms with Crippen molar-refractivity contribution in [2.45, 2.75) is 77.0 Å². The van der Waals surface area contributed by atoms with E-state index in [2.05, 4.69) is 61.7 Å². The van der Waals surface area contributed by atoms with Gasteiger partial charge in [0.1, 0.15) is 25.3 Å².